The van der Waals surface area contributed by atoms with Gasteiger partial charge in [0.15, 0.2) is 35.8 Å². The van der Waals surface area contributed by atoms with Gasteiger partial charge in [-0.15, -0.1) is 24.5 Å². The molecule has 0 spiro atoms. The molecule has 672 valence electrons. The number of ether oxygens (including phenoxy) is 8. The molecule has 8 aromatic rings. The topological polar surface area (TPSA) is 304 Å². The predicted octanol–water partition coefficient (Wildman–Crippen LogP) is 16.3. The average molecular weight is 1800 g/mol. The number of hydrogen-bond donors (Lipinski definition) is 1. The Morgan fingerprint density at radius 3 is 2.05 bits per heavy atom. The summed E-state index contributed by atoms with van der Waals surface area (Å²) in [6.07, 6.45) is 10.9. The lowest BCUT2D eigenvalue weighted by Gasteiger charge is -2.45. The lowest BCUT2D eigenvalue weighted by molar-refractivity contribution is -0.325. The number of carbonyl (C=O) groups is 6. The van der Waals surface area contributed by atoms with Crippen LogP contribution >= 0.6 is 22.9 Å². The van der Waals surface area contributed by atoms with Crippen LogP contribution in [0.2, 0.25) is 5.02 Å². The fraction of sp³-hybridized carbons (Fsp3) is 0.389. The number of nitrogens with one attached hydrogen (secondary N) is 1. The standard InChI is InChI=1S/C21H21F3N4O2.C21H20O2.C18H28O10.C18H16O2.C17H19ClN4O2S2/c1-14-2-7-17-19(14)20(26-13-25-17)28-10-8-27(9-11-28)18(29)12-15-3-5-16(6-4-15)30-21(22,23)24;22-20-17-12-6-7-13-19(17)23-21(16-10-2-1-3-11-16)18(20)14-15-8-4-5-9-15;1-9(19)23-8-13-14(24-10(2)20)15(25-11(3)21)16(26-12(4)22)17(27-13)28-18(5,6)7;1-12(2)13-7-9-14(10-8-13)18-11-16(19)15-5-3-4-6-17(15)20-18;1-12-10-25-17-15(12)16(19-11-20-17)21-6-8-22(9-7-21)26(23,24)14-4-2-13(18)3-5-14/h2-6,13H,7-12H2,1H3;1-3,6-8,10-14,17,19,21H,4-5,9H2;13-17H,8H2,1-7H3;3-12H,1-2H3;2-5,10-11,16H,6-9H2,1H3,(H,19,20)/b;18-14+;;;/t;;13-,14-,15+,16-,17?;;/m..1../s1. The van der Waals surface area contributed by atoms with Crippen molar-refractivity contribution in [3.63, 3.8) is 0 Å². The van der Waals surface area contributed by atoms with E-state index in [2.05, 4.69) is 98.2 Å². The number of allylic oxidation sites excluding steroid dienone is 7. The van der Waals surface area contributed by atoms with Crippen molar-refractivity contribution in [2.75, 3.05) is 69.2 Å². The molecular formula is C95H104ClF3N8O18S2. The number of benzene rings is 5. The number of carbonyl (C=O) groups excluding carboxylic acids is 6. The van der Waals surface area contributed by atoms with Crippen molar-refractivity contribution in [3.05, 3.63) is 253 Å². The van der Waals surface area contributed by atoms with E-state index in [0.717, 1.165) is 71.9 Å². The number of aromatic nitrogens is 2. The smallest absolute Gasteiger partial charge is 0.463 e. The van der Waals surface area contributed by atoms with Gasteiger partial charge in [0.05, 0.1) is 46.4 Å². The van der Waals surface area contributed by atoms with Gasteiger partial charge in [-0.05, 0) is 148 Å². The second kappa shape index (κ2) is 42.5. The number of amides is 1. The Morgan fingerprint density at radius 2 is 1.40 bits per heavy atom. The number of alkyl halides is 3. The molecule has 8 heterocycles. The van der Waals surface area contributed by atoms with E-state index in [1.165, 1.54) is 72.4 Å². The molecule has 8 aliphatic rings. The number of aryl methyl sites for hydroxylation is 1. The number of anilines is 2. The molecule has 127 heavy (non-hydrogen) atoms. The summed E-state index contributed by atoms with van der Waals surface area (Å²) < 4.78 is 112. The minimum atomic E-state index is -4.73. The number of hydrogen-bond acceptors (Lipinski definition) is 25. The number of sulfonamides is 1. The van der Waals surface area contributed by atoms with E-state index in [1.807, 2.05) is 85.0 Å². The van der Waals surface area contributed by atoms with E-state index in [0.29, 0.717) is 85.6 Å². The third-order valence-electron chi connectivity index (χ3n) is 21.8. The van der Waals surface area contributed by atoms with Crippen molar-refractivity contribution >= 4 is 102 Å². The molecular weight excluding hydrogens is 1700 g/mol. The van der Waals surface area contributed by atoms with Crippen LogP contribution in [0.15, 0.2) is 218 Å². The summed E-state index contributed by atoms with van der Waals surface area (Å²) in [6, 6.07) is 38.8. The fourth-order valence-electron chi connectivity index (χ4n) is 15.6. The number of aliphatic imine (C=N–C) groups is 1. The first-order valence-electron chi connectivity index (χ1n) is 41.9. The summed E-state index contributed by atoms with van der Waals surface area (Å²) in [6.45, 7) is 22.8. The third-order valence-corrected chi connectivity index (χ3v) is 25.0. The zero-order valence-corrected chi connectivity index (χ0v) is 74.8. The van der Waals surface area contributed by atoms with Crippen molar-refractivity contribution in [3.8, 4) is 17.1 Å². The molecule has 0 radical (unpaired) electrons. The maximum Gasteiger partial charge on any atom is 0.573 e. The van der Waals surface area contributed by atoms with Crippen LogP contribution in [0.5, 0.6) is 5.75 Å². The third kappa shape index (κ3) is 25.1. The predicted molar refractivity (Wildman–Crippen MR) is 476 cm³/mol. The highest BCUT2D eigenvalue weighted by molar-refractivity contribution is 7.89. The maximum atomic E-state index is 13.1. The van der Waals surface area contributed by atoms with Crippen LogP contribution < -0.4 is 20.4 Å². The van der Waals surface area contributed by atoms with Crippen LogP contribution in [0.1, 0.15) is 146 Å². The van der Waals surface area contributed by atoms with E-state index in [-0.39, 0.29) is 65.1 Å². The molecule has 26 nitrogen and oxygen atoms in total. The number of nitrogens with zero attached hydrogens (tertiary/aromatic N) is 7. The molecule has 3 aromatic heterocycles. The van der Waals surface area contributed by atoms with Gasteiger partial charge in [0.1, 0.15) is 59.2 Å². The summed E-state index contributed by atoms with van der Waals surface area (Å²) in [4.78, 5) is 104. The molecule has 16 rings (SSSR count). The number of ketones is 1. The van der Waals surface area contributed by atoms with E-state index < -0.39 is 76.6 Å². The first kappa shape index (κ1) is 94.8. The van der Waals surface area contributed by atoms with Gasteiger partial charge in [-0.25, -0.2) is 18.4 Å². The van der Waals surface area contributed by atoms with Crippen LogP contribution in [-0.4, -0.2) is 182 Å². The molecule has 1 amide bonds. The van der Waals surface area contributed by atoms with Crippen molar-refractivity contribution in [1.29, 1.82) is 0 Å². The van der Waals surface area contributed by atoms with E-state index >= 15 is 0 Å². The number of para-hydroxylation sites is 1. The molecule has 3 aliphatic carbocycles. The van der Waals surface area contributed by atoms with Gasteiger partial charge in [0.2, 0.25) is 15.9 Å². The van der Waals surface area contributed by atoms with E-state index in [1.54, 1.807) is 90.4 Å². The molecule has 4 saturated heterocycles. The summed E-state index contributed by atoms with van der Waals surface area (Å²) >= 11 is 7.54. The van der Waals surface area contributed by atoms with Gasteiger partial charge in [0.25, 0.3) is 0 Å². The van der Waals surface area contributed by atoms with Gasteiger partial charge < -0.3 is 57.4 Å². The molecule has 9 atom stereocenters. The molecule has 32 heteroatoms. The Morgan fingerprint density at radius 1 is 0.740 bits per heavy atom. The molecule has 5 unspecified atom stereocenters. The van der Waals surface area contributed by atoms with Crippen LogP contribution in [0.4, 0.5) is 24.0 Å². The fourth-order valence-corrected chi connectivity index (χ4v) is 18.1. The Balaban J connectivity index is 0.000000145. The lowest BCUT2D eigenvalue weighted by atomic mass is 9.81. The highest BCUT2D eigenvalue weighted by Gasteiger charge is 2.54. The summed E-state index contributed by atoms with van der Waals surface area (Å²) in [7, 11) is -3.49. The largest absolute Gasteiger partial charge is 0.573 e. The zero-order valence-electron chi connectivity index (χ0n) is 72.5. The number of halogens is 4. The van der Waals surface area contributed by atoms with Crippen LogP contribution in [0.25, 0.3) is 27.9 Å². The SMILES string of the molecule is CC(=O)OC[C@H]1OC(OC(C)(C)C)[C@H](OC(C)=O)[C@@H](OC(C)=O)[C@@H]1OC(C)=O.CC(C)c1ccc(-c2cc(=O)c3ccccc3o2)cc1.CC1=CCc2ncnc(N3CCN(C(=O)Cc4ccc(OC(F)(F)F)cc4)CC3)c21.Cc1csc2c1C(N1CCN(S(=O)(=O)c3ccc(Cl)cc3)CC1)N=CN2.O=C1/C(=C\C2=CCCC2)C(c2ccccc2)OC2C=CC=CC12. The second-order valence-electron chi connectivity index (χ2n) is 32.6. The average Bonchev–Trinajstić information content (AvgIpc) is 1.40. The molecule has 1 N–H and O–H groups in total. The quantitative estimate of drug-likeness (QED) is 0.0503. The summed E-state index contributed by atoms with van der Waals surface area (Å²) in [5.74, 6) is -0.945. The molecule has 5 aromatic carbocycles. The van der Waals surface area contributed by atoms with E-state index in [9.17, 15) is 55.2 Å². The Hall–Kier alpha value is -11.3. The number of Topliss-reactive ketones (excluding diaryl/α,β-unsaturated/α-hetero) is 1. The summed E-state index contributed by atoms with van der Waals surface area (Å²) in [5.41, 5.74) is 11.6. The van der Waals surface area contributed by atoms with Crippen LogP contribution in [-0.2, 0) is 84.8 Å². The van der Waals surface area contributed by atoms with Crippen molar-refractivity contribution in [2.24, 2.45) is 10.9 Å². The van der Waals surface area contributed by atoms with Gasteiger partial charge in [-0.2, -0.15) is 4.31 Å². The first-order chi connectivity index (χ1) is 60.5. The Kier molecular flexibility index (Phi) is 31.8. The van der Waals surface area contributed by atoms with Gasteiger partial charge in [-0.1, -0.05) is 146 Å². The summed E-state index contributed by atoms with van der Waals surface area (Å²) in [5, 5.41) is 7.59. The number of rotatable bonds is 17. The maximum absolute atomic E-state index is 13.1. The number of thiophene rings is 1. The molecule has 0 bridgehead atoms. The van der Waals surface area contributed by atoms with Crippen LogP contribution in [0, 0.1) is 12.8 Å². The minimum absolute atomic E-state index is 0.00483. The first-order valence-corrected chi connectivity index (χ1v) is 44.6. The number of esters is 4. The van der Waals surface area contributed by atoms with E-state index in [4.69, 9.17) is 49.2 Å². The molecule has 0 saturated carbocycles. The normalized spacial score (nSPS) is 21.7. The zero-order chi connectivity index (χ0) is 91.0. The monoisotopic (exact) mass is 1800 g/mol. The van der Waals surface area contributed by atoms with Crippen molar-refractivity contribution in [1.82, 2.24) is 24.1 Å². The van der Waals surface area contributed by atoms with Gasteiger partial charge in [0, 0.05) is 120 Å². The number of piperazine rings is 2. The second-order valence-corrected chi connectivity index (χ2v) is 35.8. The number of fused-ring (bicyclic) bond motifs is 4. The van der Waals surface area contributed by atoms with Crippen molar-refractivity contribution in [2.45, 2.75) is 180 Å². The minimum Gasteiger partial charge on any atom is -0.463 e. The lowest BCUT2D eigenvalue weighted by Crippen LogP contribution is -2.63. The van der Waals surface area contributed by atoms with Crippen LogP contribution in [0.3, 0.4) is 0 Å². The molecule has 4 fully saturated rings. The van der Waals surface area contributed by atoms with Gasteiger partial charge in [-0.3, -0.25) is 43.5 Å². The highest BCUT2D eigenvalue weighted by Crippen LogP contribution is 2.43. The van der Waals surface area contributed by atoms with Crippen molar-refractivity contribution < 1.29 is 92.7 Å². The highest BCUT2D eigenvalue weighted by atomic mass is 35.5. The Labute approximate surface area is 745 Å². The Bertz CT molecular complexity index is 5620. The molecule has 5 aliphatic heterocycles. The van der Waals surface area contributed by atoms with Gasteiger partial charge >= 0.3 is 30.2 Å².